The number of carbonyl (C=O) groups is 1. The first kappa shape index (κ1) is 17.8. The molecule has 0 unspecified atom stereocenters. The van der Waals surface area contributed by atoms with Crippen LogP contribution in [-0.4, -0.2) is 12.5 Å². The number of amides is 1. The summed E-state index contributed by atoms with van der Waals surface area (Å²) in [5.41, 5.74) is 2.17. The van der Waals surface area contributed by atoms with E-state index in [1.807, 2.05) is 42.5 Å². The Bertz CT molecular complexity index is 896. The molecule has 130 valence electrons. The Morgan fingerprint density at radius 3 is 2.27 bits per heavy atom. The largest absolute Gasteiger partial charge is 0.484 e. The molecule has 0 aliphatic rings. The van der Waals surface area contributed by atoms with Crippen LogP contribution in [0, 0.1) is 0 Å². The van der Waals surface area contributed by atoms with E-state index in [2.05, 4.69) is 31.5 Å². The van der Waals surface area contributed by atoms with E-state index in [1.165, 1.54) is 0 Å². The molecular formula is C20H16BrN3O2. The van der Waals surface area contributed by atoms with Crippen LogP contribution in [0.15, 0.2) is 93.6 Å². The van der Waals surface area contributed by atoms with Gasteiger partial charge < -0.3 is 10.1 Å². The van der Waals surface area contributed by atoms with Crippen LogP contribution < -0.4 is 10.1 Å². The lowest BCUT2D eigenvalue weighted by molar-refractivity contribution is -0.118. The second kappa shape index (κ2) is 8.92. The third-order valence-corrected chi connectivity index (χ3v) is 3.85. The van der Waals surface area contributed by atoms with Gasteiger partial charge in [0.25, 0.3) is 5.91 Å². The number of nitrogens with one attached hydrogen (secondary N) is 1. The molecule has 0 heterocycles. The van der Waals surface area contributed by atoms with Crippen molar-refractivity contribution in [3.05, 3.63) is 83.3 Å². The Labute approximate surface area is 159 Å². The number of ether oxygens (including phenoxy) is 1. The van der Waals surface area contributed by atoms with Crippen LogP contribution in [0.4, 0.5) is 17.1 Å². The van der Waals surface area contributed by atoms with E-state index in [1.54, 1.807) is 36.4 Å². The highest BCUT2D eigenvalue weighted by atomic mass is 79.9. The fraction of sp³-hybridized carbons (Fsp3) is 0.0500. The van der Waals surface area contributed by atoms with E-state index in [4.69, 9.17) is 4.74 Å². The van der Waals surface area contributed by atoms with Crippen molar-refractivity contribution in [2.45, 2.75) is 0 Å². The maximum atomic E-state index is 12.0. The van der Waals surface area contributed by atoms with Crippen LogP contribution in [-0.2, 0) is 4.79 Å². The highest BCUT2D eigenvalue weighted by Crippen LogP contribution is 2.20. The molecule has 0 bridgehead atoms. The summed E-state index contributed by atoms with van der Waals surface area (Å²) >= 11 is 3.36. The van der Waals surface area contributed by atoms with Crippen molar-refractivity contribution in [3.8, 4) is 5.75 Å². The average molecular weight is 410 g/mol. The standard InChI is InChI=1S/C20H16BrN3O2/c21-15-5-4-8-19(13-15)26-14-20(25)22-16-9-11-18(12-10-16)24-23-17-6-2-1-3-7-17/h1-13H,14H2,(H,22,25). The third kappa shape index (κ3) is 5.53. The van der Waals surface area contributed by atoms with E-state index in [0.717, 1.165) is 10.2 Å². The van der Waals surface area contributed by atoms with Gasteiger partial charge in [-0.05, 0) is 54.6 Å². The van der Waals surface area contributed by atoms with Gasteiger partial charge in [-0.2, -0.15) is 10.2 Å². The van der Waals surface area contributed by atoms with Crippen molar-refractivity contribution >= 4 is 38.9 Å². The number of azo groups is 1. The van der Waals surface area contributed by atoms with E-state index in [9.17, 15) is 4.79 Å². The van der Waals surface area contributed by atoms with Crippen LogP contribution in [0.2, 0.25) is 0 Å². The number of rotatable bonds is 6. The van der Waals surface area contributed by atoms with Crippen LogP contribution >= 0.6 is 15.9 Å². The first-order valence-corrected chi connectivity index (χ1v) is 8.73. The number of carbonyl (C=O) groups excluding carboxylic acids is 1. The Hall–Kier alpha value is -2.99. The molecule has 3 aromatic carbocycles. The fourth-order valence-corrected chi connectivity index (χ4v) is 2.50. The van der Waals surface area contributed by atoms with Crippen molar-refractivity contribution in [2.24, 2.45) is 10.2 Å². The molecule has 5 nitrogen and oxygen atoms in total. The molecule has 3 aromatic rings. The lowest BCUT2D eigenvalue weighted by Crippen LogP contribution is -2.20. The first-order valence-electron chi connectivity index (χ1n) is 7.94. The predicted octanol–water partition coefficient (Wildman–Crippen LogP) is 5.88. The van der Waals surface area contributed by atoms with Gasteiger partial charge >= 0.3 is 0 Å². The molecule has 0 aromatic heterocycles. The molecule has 0 saturated heterocycles. The van der Waals surface area contributed by atoms with Gasteiger partial charge in [-0.25, -0.2) is 0 Å². The number of halogens is 1. The second-order valence-corrected chi connectivity index (χ2v) is 6.29. The zero-order valence-corrected chi connectivity index (χ0v) is 15.4. The summed E-state index contributed by atoms with van der Waals surface area (Å²) in [6.45, 7) is -0.0636. The van der Waals surface area contributed by atoms with E-state index in [0.29, 0.717) is 17.1 Å². The molecular weight excluding hydrogens is 394 g/mol. The van der Waals surface area contributed by atoms with Gasteiger partial charge in [-0.3, -0.25) is 4.79 Å². The minimum atomic E-state index is -0.233. The summed E-state index contributed by atoms with van der Waals surface area (Å²) < 4.78 is 6.36. The normalized spacial score (nSPS) is 10.7. The maximum absolute atomic E-state index is 12.0. The molecule has 0 fully saturated rings. The second-order valence-electron chi connectivity index (χ2n) is 5.38. The van der Waals surface area contributed by atoms with Gasteiger partial charge in [-0.1, -0.05) is 40.2 Å². The minimum Gasteiger partial charge on any atom is -0.484 e. The minimum absolute atomic E-state index is 0.0636. The van der Waals surface area contributed by atoms with Crippen molar-refractivity contribution in [2.75, 3.05) is 11.9 Å². The Morgan fingerprint density at radius 1 is 0.885 bits per heavy atom. The highest BCUT2D eigenvalue weighted by Gasteiger charge is 2.04. The zero-order valence-electron chi connectivity index (χ0n) is 13.8. The molecule has 0 spiro atoms. The lowest BCUT2D eigenvalue weighted by atomic mass is 10.3. The molecule has 3 rings (SSSR count). The molecule has 6 heteroatoms. The van der Waals surface area contributed by atoms with Crippen molar-refractivity contribution in [1.82, 2.24) is 0 Å². The summed E-state index contributed by atoms with van der Waals surface area (Å²) in [6, 6.07) is 24.0. The summed E-state index contributed by atoms with van der Waals surface area (Å²) in [5.74, 6) is 0.398. The summed E-state index contributed by atoms with van der Waals surface area (Å²) in [4.78, 5) is 12.0. The molecule has 1 amide bonds. The predicted molar refractivity (Wildman–Crippen MR) is 105 cm³/mol. The molecule has 0 aliphatic heterocycles. The summed E-state index contributed by atoms with van der Waals surface area (Å²) in [6.07, 6.45) is 0. The quantitative estimate of drug-likeness (QED) is 0.516. The van der Waals surface area contributed by atoms with E-state index in [-0.39, 0.29) is 12.5 Å². The average Bonchev–Trinajstić information content (AvgIpc) is 2.67. The zero-order chi connectivity index (χ0) is 18.2. The number of hydrogen-bond acceptors (Lipinski definition) is 4. The first-order chi connectivity index (χ1) is 12.7. The number of benzene rings is 3. The molecule has 26 heavy (non-hydrogen) atoms. The smallest absolute Gasteiger partial charge is 0.262 e. The van der Waals surface area contributed by atoms with Gasteiger partial charge in [0.1, 0.15) is 5.75 Å². The maximum Gasteiger partial charge on any atom is 0.262 e. The SMILES string of the molecule is O=C(COc1cccc(Br)c1)Nc1ccc(N=Nc2ccccc2)cc1. The number of hydrogen-bond donors (Lipinski definition) is 1. The molecule has 0 atom stereocenters. The number of anilines is 1. The van der Waals surface area contributed by atoms with E-state index >= 15 is 0 Å². The van der Waals surface area contributed by atoms with Crippen molar-refractivity contribution in [1.29, 1.82) is 0 Å². The Balaban J connectivity index is 1.52. The molecule has 1 N–H and O–H groups in total. The van der Waals surface area contributed by atoms with Gasteiger partial charge in [0, 0.05) is 10.2 Å². The van der Waals surface area contributed by atoms with Gasteiger partial charge in [0.2, 0.25) is 0 Å². The molecule has 0 radical (unpaired) electrons. The fourth-order valence-electron chi connectivity index (χ4n) is 2.12. The molecule has 0 aliphatic carbocycles. The molecule has 0 saturated carbocycles. The highest BCUT2D eigenvalue weighted by molar-refractivity contribution is 9.10. The third-order valence-electron chi connectivity index (χ3n) is 3.35. The van der Waals surface area contributed by atoms with Gasteiger partial charge in [0.05, 0.1) is 11.4 Å². The van der Waals surface area contributed by atoms with Crippen molar-refractivity contribution in [3.63, 3.8) is 0 Å². The topological polar surface area (TPSA) is 63.0 Å². The van der Waals surface area contributed by atoms with Crippen LogP contribution in [0.1, 0.15) is 0 Å². The van der Waals surface area contributed by atoms with Crippen LogP contribution in [0.3, 0.4) is 0 Å². The van der Waals surface area contributed by atoms with Gasteiger partial charge in [0.15, 0.2) is 6.61 Å². The van der Waals surface area contributed by atoms with Gasteiger partial charge in [-0.15, -0.1) is 0 Å². The summed E-state index contributed by atoms with van der Waals surface area (Å²) in [5, 5.41) is 11.1. The van der Waals surface area contributed by atoms with Crippen LogP contribution in [0.5, 0.6) is 5.75 Å². The Kier molecular flexibility index (Phi) is 6.11. The monoisotopic (exact) mass is 409 g/mol. The number of nitrogens with zero attached hydrogens (tertiary/aromatic N) is 2. The van der Waals surface area contributed by atoms with Crippen molar-refractivity contribution < 1.29 is 9.53 Å². The van der Waals surface area contributed by atoms with Crippen LogP contribution in [0.25, 0.3) is 0 Å². The lowest BCUT2D eigenvalue weighted by Gasteiger charge is -2.08. The summed E-state index contributed by atoms with van der Waals surface area (Å²) in [7, 11) is 0. The Morgan fingerprint density at radius 2 is 1.58 bits per heavy atom. The van der Waals surface area contributed by atoms with E-state index < -0.39 is 0 Å².